The largest absolute Gasteiger partial charge is 0.310 e. The molecule has 0 bridgehead atoms. The van der Waals surface area contributed by atoms with Crippen LogP contribution in [0.2, 0.25) is 0 Å². The Morgan fingerprint density at radius 2 is 1.90 bits per heavy atom. The first-order valence-electron chi connectivity index (χ1n) is 7.96. The summed E-state index contributed by atoms with van der Waals surface area (Å²) in [6, 6.07) is 9.32. The van der Waals surface area contributed by atoms with Crippen molar-refractivity contribution in [3.05, 3.63) is 46.8 Å². The highest BCUT2D eigenvalue weighted by Crippen LogP contribution is 2.20. The third kappa shape index (κ3) is 3.73. The van der Waals surface area contributed by atoms with Crippen molar-refractivity contribution in [3.8, 4) is 5.69 Å². The third-order valence-electron chi connectivity index (χ3n) is 3.72. The van der Waals surface area contributed by atoms with Gasteiger partial charge < -0.3 is 5.32 Å². The van der Waals surface area contributed by atoms with Crippen LogP contribution in [-0.2, 0) is 19.4 Å². The van der Waals surface area contributed by atoms with E-state index in [9.17, 15) is 0 Å². The normalized spacial score (nSPS) is 11.3. The van der Waals surface area contributed by atoms with Crippen molar-refractivity contribution in [1.82, 2.24) is 15.1 Å². The molecule has 0 amide bonds. The fraction of sp³-hybridized carbons (Fsp3) is 0.500. The van der Waals surface area contributed by atoms with Crippen LogP contribution >= 0.6 is 0 Å². The smallest absolute Gasteiger partial charge is 0.0694 e. The fourth-order valence-corrected chi connectivity index (χ4v) is 2.48. The predicted molar refractivity (Wildman–Crippen MR) is 89.0 cm³/mol. The molecule has 0 aliphatic rings. The van der Waals surface area contributed by atoms with Crippen LogP contribution in [0.3, 0.4) is 0 Å². The van der Waals surface area contributed by atoms with Gasteiger partial charge in [-0.2, -0.15) is 5.10 Å². The standard InChI is InChI=1S/C18H27N3/c1-6-16-11-17(7-2)21(20-16)18-9-8-14(5)10-15(18)12-19-13(3)4/h8-11,13,19H,6-7,12H2,1-5H3. The quantitative estimate of drug-likeness (QED) is 0.875. The second-order valence-electron chi connectivity index (χ2n) is 5.91. The van der Waals surface area contributed by atoms with Gasteiger partial charge in [0.1, 0.15) is 0 Å². The second-order valence-corrected chi connectivity index (χ2v) is 5.91. The van der Waals surface area contributed by atoms with Gasteiger partial charge in [-0.05, 0) is 37.5 Å². The summed E-state index contributed by atoms with van der Waals surface area (Å²) in [6.07, 6.45) is 1.98. The summed E-state index contributed by atoms with van der Waals surface area (Å²) in [4.78, 5) is 0. The van der Waals surface area contributed by atoms with Crippen LogP contribution in [0, 0.1) is 6.92 Å². The van der Waals surface area contributed by atoms with Gasteiger partial charge in [0.2, 0.25) is 0 Å². The highest BCUT2D eigenvalue weighted by atomic mass is 15.3. The Hall–Kier alpha value is -1.61. The van der Waals surface area contributed by atoms with E-state index < -0.39 is 0 Å². The van der Waals surface area contributed by atoms with Crippen molar-refractivity contribution in [2.45, 2.75) is 60.0 Å². The Labute approximate surface area is 128 Å². The number of nitrogens with one attached hydrogen (secondary N) is 1. The number of aryl methyl sites for hydroxylation is 3. The summed E-state index contributed by atoms with van der Waals surface area (Å²) in [7, 11) is 0. The molecule has 0 fully saturated rings. The molecule has 0 radical (unpaired) electrons. The summed E-state index contributed by atoms with van der Waals surface area (Å²) in [5.74, 6) is 0. The number of nitrogens with zero attached hydrogens (tertiary/aromatic N) is 2. The lowest BCUT2D eigenvalue weighted by Crippen LogP contribution is -2.23. The number of rotatable bonds is 6. The fourth-order valence-electron chi connectivity index (χ4n) is 2.48. The molecular formula is C18H27N3. The summed E-state index contributed by atoms with van der Waals surface area (Å²) < 4.78 is 2.12. The van der Waals surface area contributed by atoms with E-state index in [1.54, 1.807) is 0 Å². The first-order valence-corrected chi connectivity index (χ1v) is 7.96. The molecule has 0 unspecified atom stereocenters. The molecule has 114 valence electrons. The zero-order chi connectivity index (χ0) is 15.4. The molecule has 2 rings (SSSR count). The van der Waals surface area contributed by atoms with Gasteiger partial charge in [-0.25, -0.2) is 4.68 Å². The molecule has 2 aromatic rings. The molecule has 0 aliphatic heterocycles. The van der Waals surface area contributed by atoms with E-state index in [0.717, 1.165) is 25.1 Å². The summed E-state index contributed by atoms with van der Waals surface area (Å²) in [5, 5.41) is 8.29. The number of benzene rings is 1. The Balaban J connectivity index is 2.44. The maximum atomic E-state index is 4.78. The van der Waals surface area contributed by atoms with Crippen LogP contribution in [0.5, 0.6) is 0 Å². The highest BCUT2D eigenvalue weighted by Gasteiger charge is 2.11. The Bertz CT molecular complexity index is 597. The Morgan fingerprint density at radius 1 is 1.14 bits per heavy atom. The first kappa shape index (κ1) is 15.8. The minimum atomic E-state index is 0.479. The lowest BCUT2D eigenvalue weighted by atomic mass is 10.1. The zero-order valence-corrected chi connectivity index (χ0v) is 13.9. The average Bonchev–Trinajstić information content (AvgIpc) is 2.88. The Morgan fingerprint density at radius 3 is 2.52 bits per heavy atom. The molecule has 1 aromatic heterocycles. The topological polar surface area (TPSA) is 29.9 Å². The molecule has 21 heavy (non-hydrogen) atoms. The Kier molecular flexibility index (Phi) is 5.18. The minimum Gasteiger partial charge on any atom is -0.310 e. The van der Waals surface area contributed by atoms with Crippen LogP contribution in [0.25, 0.3) is 5.69 Å². The molecule has 0 spiro atoms. The van der Waals surface area contributed by atoms with E-state index in [1.807, 2.05) is 0 Å². The van der Waals surface area contributed by atoms with Crippen molar-refractivity contribution in [1.29, 1.82) is 0 Å². The maximum Gasteiger partial charge on any atom is 0.0694 e. The van der Waals surface area contributed by atoms with E-state index in [1.165, 1.54) is 22.5 Å². The molecule has 0 atom stereocenters. The molecular weight excluding hydrogens is 258 g/mol. The van der Waals surface area contributed by atoms with Gasteiger partial charge in [-0.1, -0.05) is 45.4 Å². The summed E-state index contributed by atoms with van der Waals surface area (Å²) in [6.45, 7) is 11.7. The van der Waals surface area contributed by atoms with Crippen molar-refractivity contribution in [2.24, 2.45) is 0 Å². The molecule has 1 heterocycles. The van der Waals surface area contributed by atoms with Crippen molar-refractivity contribution in [3.63, 3.8) is 0 Å². The molecule has 1 N–H and O–H groups in total. The number of aromatic nitrogens is 2. The molecule has 0 aliphatic carbocycles. The SMILES string of the molecule is CCc1cc(CC)n(-c2ccc(C)cc2CNC(C)C)n1. The molecule has 3 nitrogen and oxygen atoms in total. The van der Waals surface area contributed by atoms with Crippen molar-refractivity contribution < 1.29 is 0 Å². The summed E-state index contributed by atoms with van der Waals surface area (Å²) >= 11 is 0. The van der Waals surface area contributed by atoms with Crippen molar-refractivity contribution in [2.75, 3.05) is 0 Å². The first-order chi connectivity index (χ1) is 10.0. The molecule has 0 saturated heterocycles. The monoisotopic (exact) mass is 285 g/mol. The van der Waals surface area contributed by atoms with Gasteiger partial charge in [0.25, 0.3) is 0 Å². The van der Waals surface area contributed by atoms with Gasteiger partial charge in [0.15, 0.2) is 0 Å². The van der Waals surface area contributed by atoms with E-state index in [0.29, 0.717) is 6.04 Å². The van der Waals surface area contributed by atoms with Gasteiger partial charge in [-0.15, -0.1) is 0 Å². The average molecular weight is 285 g/mol. The van der Waals surface area contributed by atoms with Crippen molar-refractivity contribution >= 4 is 0 Å². The van der Waals surface area contributed by atoms with Gasteiger partial charge in [0.05, 0.1) is 11.4 Å². The zero-order valence-electron chi connectivity index (χ0n) is 13.9. The number of hydrogen-bond acceptors (Lipinski definition) is 2. The van der Waals surface area contributed by atoms with Gasteiger partial charge in [0, 0.05) is 18.3 Å². The van der Waals surface area contributed by atoms with Gasteiger partial charge >= 0.3 is 0 Å². The van der Waals surface area contributed by atoms with Gasteiger partial charge in [-0.3, -0.25) is 0 Å². The maximum absolute atomic E-state index is 4.78. The minimum absolute atomic E-state index is 0.479. The lowest BCUT2D eigenvalue weighted by molar-refractivity contribution is 0.585. The van der Waals surface area contributed by atoms with Crippen LogP contribution in [-0.4, -0.2) is 15.8 Å². The van der Waals surface area contributed by atoms with E-state index >= 15 is 0 Å². The van der Waals surface area contributed by atoms with Crippen LogP contribution < -0.4 is 5.32 Å². The van der Waals surface area contributed by atoms with Crippen LogP contribution in [0.1, 0.15) is 50.2 Å². The molecule has 1 aromatic carbocycles. The van der Waals surface area contributed by atoms with E-state index in [2.05, 4.69) is 68.9 Å². The highest BCUT2D eigenvalue weighted by molar-refractivity contribution is 5.44. The van der Waals surface area contributed by atoms with Crippen LogP contribution in [0.4, 0.5) is 0 Å². The third-order valence-corrected chi connectivity index (χ3v) is 3.72. The molecule has 3 heteroatoms. The van der Waals surface area contributed by atoms with E-state index in [-0.39, 0.29) is 0 Å². The van der Waals surface area contributed by atoms with Crippen LogP contribution in [0.15, 0.2) is 24.3 Å². The lowest BCUT2D eigenvalue weighted by Gasteiger charge is -2.15. The second kappa shape index (κ2) is 6.90. The van der Waals surface area contributed by atoms with E-state index in [4.69, 9.17) is 5.10 Å². The predicted octanol–water partition coefficient (Wildman–Crippen LogP) is 3.80. The summed E-state index contributed by atoms with van der Waals surface area (Å²) in [5.41, 5.74) is 6.24. The number of hydrogen-bond donors (Lipinski definition) is 1. The molecule has 0 saturated carbocycles.